The maximum Gasteiger partial charge on any atom is 0.318 e. The molecule has 28 heavy (non-hydrogen) atoms. The minimum Gasteiger partial charge on any atom is -0.340 e. The second kappa shape index (κ2) is 7.98. The number of nitrogens with one attached hydrogen (secondary N) is 2. The van der Waals surface area contributed by atoms with Crippen LogP contribution < -0.4 is 5.32 Å². The molecule has 0 saturated carbocycles. The number of aryl methyl sites for hydroxylation is 1. The van der Waals surface area contributed by atoms with E-state index in [0.717, 1.165) is 42.2 Å². The van der Waals surface area contributed by atoms with Crippen LogP contribution in [0.25, 0.3) is 11.0 Å². The number of benzene rings is 1. The van der Waals surface area contributed by atoms with Gasteiger partial charge in [0.25, 0.3) is 0 Å². The first kappa shape index (κ1) is 18.4. The van der Waals surface area contributed by atoms with E-state index >= 15 is 0 Å². The molecular weight excluding hydrogens is 352 g/mol. The number of hydrogen-bond acceptors (Lipinski definition) is 4. The fourth-order valence-electron chi connectivity index (χ4n) is 3.52. The van der Waals surface area contributed by atoms with E-state index < -0.39 is 0 Å². The minimum absolute atomic E-state index is 0.0402. The summed E-state index contributed by atoms with van der Waals surface area (Å²) in [6.45, 7) is 7.96. The van der Waals surface area contributed by atoms with E-state index in [1.807, 2.05) is 48.4 Å². The van der Waals surface area contributed by atoms with Crippen molar-refractivity contribution < 1.29 is 4.79 Å². The summed E-state index contributed by atoms with van der Waals surface area (Å²) in [7, 11) is 0. The number of hydrogen-bond donors (Lipinski definition) is 2. The van der Waals surface area contributed by atoms with Crippen LogP contribution in [0.5, 0.6) is 0 Å². The minimum atomic E-state index is -0.174. The Balaban J connectivity index is 1.31. The zero-order valence-electron chi connectivity index (χ0n) is 16.4. The molecule has 1 aromatic carbocycles. The molecule has 4 rings (SSSR count). The second-order valence-corrected chi connectivity index (χ2v) is 7.40. The summed E-state index contributed by atoms with van der Waals surface area (Å²) in [5.41, 5.74) is 4.17. The first-order chi connectivity index (χ1) is 13.6. The van der Waals surface area contributed by atoms with Crippen LogP contribution in [0, 0.1) is 6.92 Å². The SMILES string of the molecule is Cc1ccc2nc([C@@H](C)NC(=O)N3CCN(Cc4ccccn4)CC3)[nH]c2c1. The fourth-order valence-corrected chi connectivity index (χ4v) is 3.52. The monoisotopic (exact) mass is 378 g/mol. The van der Waals surface area contributed by atoms with Crippen LogP contribution in [0.15, 0.2) is 42.6 Å². The molecule has 146 valence electrons. The molecule has 1 aliphatic rings. The summed E-state index contributed by atoms with van der Waals surface area (Å²) in [6.07, 6.45) is 1.82. The molecule has 0 bridgehead atoms. The smallest absolute Gasteiger partial charge is 0.318 e. The van der Waals surface area contributed by atoms with Crippen LogP contribution in [0.1, 0.15) is 30.0 Å². The lowest BCUT2D eigenvalue weighted by molar-refractivity contribution is 0.132. The Labute approximate surface area is 164 Å². The van der Waals surface area contributed by atoms with E-state index in [2.05, 4.69) is 38.2 Å². The molecule has 0 unspecified atom stereocenters. The molecule has 3 aromatic rings. The number of H-pyrrole nitrogens is 1. The van der Waals surface area contributed by atoms with Gasteiger partial charge in [0, 0.05) is 38.9 Å². The van der Waals surface area contributed by atoms with Crippen molar-refractivity contribution in [2.24, 2.45) is 0 Å². The van der Waals surface area contributed by atoms with E-state index in [-0.39, 0.29) is 12.1 Å². The lowest BCUT2D eigenvalue weighted by atomic mass is 10.2. The van der Waals surface area contributed by atoms with Gasteiger partial charge in [-0.2, -0.15) is 0 Å². The quantitative estimate of drug-likeness (QED) is 0.732. The molecular formula is C21H26N6O. The van der Waals surface area contributed by atoms with Crippen LogP contribution >= 0.6 is 0 Å². The lowest BCUT2D eigenvalue weighted by Gasteiger charge is -2.35. The molecule has 0 aliphatic carbocycles. The molecule has 3 heterocycles. The number of amides is 2. The summed E-state index contributed by atoms with van der Waals surface area (Å²) in [6, 6.07) is 11.9. The zero-order chi connectivity index (χ0) is 19.5. The van der Waals surface area contributed by atoms with Gasteiger partial charge in [-0.05, 0) is 43.7 Å². The molecule has 1 aliphatic heterocycles. The molecule has 0 radical (unpaired) electrons. The van der Waals surface area contributed by atoms with Crippen molar-refractivity contribution in [3.63, 3.8) is 0 Å². The van der Waals surface area contributed by atoms with Gasteiger partial charge in [-0.1, -0.05) is 12.1 Å². The predicted octanol–water partition coefficient (Wildman–Crippen LogP) is 2.85. The van der Waals surface area contributed by atoms with Gasteiger partial charge in [0.1, 0.15) is 5.82 Å². The highest BCUT2D eigenvalue weighted by molar-refractivity contribution is 5.77. The summed E-state index contributed by atoms with van der Waals surface area (Å²) in [4.78, 5) is 29.2. The molecule has 1 saturated heterocycles. The maximum absolute atomic E-state index is 12.7. The number of fused-ring (bicyclic) bond motifs is 1. The Hall–Kier alpha value is -2.93. The number of aromatic nitrogens is 3. The number of carbonyl (C=O) groups is 1. The van der Waals surface area contributed by atoms with Crippen LogP contribution in [0.2, 0.25) is 0 Å². The van der Waals surface area contributed by atoms with E-state index in [1.54, 1.807) is 0 Å². The molecule has 1 atom stereocenters. The Morgan fingerprint density at radius 3 is 2.79 bits per heavy atom. The number of urea groups is 1. The Morgan fingerprint density at radius 2 is 2.04 bits per heavy atom. The maximum atomic E-state index is 12.7. The van der Waals surface area contributed by atoms with Gasteiger partial charge in [-0.25, -0.2) is 9.78 Å². The standard InChI is InChI=1S/C21H26N6O/c1-15-6-7-18-19(13-15)25-20(24-18)16(2)23-21(28)27-11-9-26(10-12-27)14-17-5-3-4-8-22-17/h3-8,13,16H,9-12,14H2,1-2H3,(H,23,28)(H,24,25)/t16-/m1/s1. The molecule has 7 heteroatoms. The molecule has 0 spiro atoms. The van der Waals surface area contributed by atoms with Gasteiger partial charge >= 0.3 is 6.03 Å². The Bertz CT molecular complexity index is 946. The third kappa shape index (κ3) is 4.14. The first-order valence-electron chi connectivity index (χ1n) is 9.72. The van der Waals surface area contributed by atoms with Crippen molar-refractivity contribution in [1.29, 1.82) is 0 Å². The van der Waals surface area contributed by atoms with Gasteiger partial charge in [-0.3, -0.25) is 9.88 Å². The van der Waals surface area contributed by atoms with E-state index in [1.165, 1.54) is 5.56 Å². The number of nitrogens with zero attached hydrogens (tertiary/aromatic N) is 4. The van der Waals surface area contributed by atoms with E-state index in [4.69, 9.17) is 0 Å². The number of pyridine rings is 1. The van der Waals surface area contributed by atoms with Gasteiger partial charge in [0.15, 0.2) is 0 Å². The number of aromatic amines is 1. The lowest BCUT2D eigenvalue weighted by Crippen LogP contribution is -2.51. The van der Waals surface area contributed by atoms with Crippen molar-refractivity contribution in [3.05, 3.63) is 59.7 Å². The fraction of sp³-hybridized carbons (Fsp3) is 0.381. The van der Waals surface area contributed by atoms with Crippen molar-refractivity contribution in [2.75, 3.05) is 26.2 Å². The second-order valence-electron chi connectivity index (χ2n) is 7.40. The van der Waals surface area contributed by atoms with Gasteiger partial charge in [0.2, 0.25) is 0 Å². The summed E-state index contributed by atoms with van der Waals surface area (Å²) >= 11 is 0. The third-order valence-electron chi connectivity index (χ3n) is 5.18. The van der Waals surface area contributed by atoms with Crippen LogP contribution in [0.3, 0.4) is 0 Å². The number of imidazole rings is 1. The van der Waals surface area contributed by atoms with Crippen molar-refractivity contribution in [2.45, 2.75) is 26.4 Å². The van der Waals surface area contributed by atoms with Gasteiger partial charge < -0.3 is 15.2 Å². The highest BCUT2D eigenvalue weighted by atomic mass is 16.2. The molecule has 2 N–H and O–H groups in total. The zero-order valence-corrected chi connectivity index (χ0v) is 16.4. The first-order valence-corrected chi connectivity index (χ1v) is 9.72. The number of rotatable bonds is 4. The summed E-state index contributed by atoms with van der Waals surface area (Å²) < 4.78 is 0. The molecule has 2 amide bonds. The van der Waals surface area contributed by atoms with Crippen LogP contribution in [-0.2, 0) is 6.54 Å². The Morgan fingerprint density at radius 1 is 1.21 bits per heavy atom. The molecule has 1 fully saturated rings. The topological polar surface area (TPSA) is 77.2 Å². The highest BCUT2D eigenvalue weighted by Crippen LogP contribution is 2.17. The van der Waals surface area contributed by atoms with Crippen LogP contribution in [-0.4, -0.2) is 57.0 Å². The van der Waals surface area contributed by atoms with Crippen molar-refractivity contribution in [3.8, 4) is 0 Å². The Kier molecular flexibility index (Phi) is 5.25. The van der Waals surface area contributed by atoms with Gasteiger partial charge in [0.05, 0.1) is 22.8 Å². The predicted molar refractivity (Wildman–Crippen MR) is 109 cm³/mol. The number of carbonyl (C=O) groups excluding carboxylic acids is 1. The van der Waals surface area contributed by atoms with E-state index in [9.17, 15) is 4.79 Å². The van der Waals surface area contributed by atoms with Crippen LogP contribution in [0.4, 0.5) is 4.79 Å². The summed E-state index contributed by atoms with van der Waals surface area (Å²) in [5.74, 6) is 0.780. The molecule has 7 nitrogen and oxygen atoms in total. The number of piperazine rings is 1. The van der Waals surface area contributed by atoms with Crippen molar-refractivity contribution in [1.82, 2.24) is 30.1 Å². The van der Waals surface area contributed by atoms with Crippen molar-refractivity contribution >= 4 is 17.1 Å². The average molecular weight is 378 g/mol. The molecule has 2 aromatic heterocycles. The van der Waals surface area contributed by atoms with Gasteiger partial charge in [-0.15, -0.1) is 0 Å². The highest BCUT2D eigenvalue weighted by Gasteiger charge is 2.23. The van der Waals surface area contributed by atoms with E-state index in [0.29, 0.717) is 13.1 Å². The normalized spacial score (nSPS) is 16.3. The average Bonchev–Trinajstić information content (AvgIpc) is 3.12. The summed E-state index contributed by atoms with van der Waals surface area (Å²) in [5, 5.41) is 3.07. The third-order valence-corrected chi connectivity index (χ3v) is 5.18. The largest absolute Gasteiger partial charge is 0.340 e.